The number of imidazole rings is 1. The summed E-state index contributed by atoms with van der Waals surface area (Å²) in [5, 5.41) is 11.4. The number of piperidine rings is 1. The maximum atomic E-state index is 14.5. The molecule has 8 heteroatoms. The SMILES string of the molecule is COc1cc2nc(C)c(-c3ccc(F)c(N[C@@H]4CCCNC4)n3)n2nc1C1CC1. The van der Waals surface area contributed by atoms with E-state index in [0.717, 1.165) is 61.6 Å². The highest BCUT2D eigenvalue weighted by Crippen LogP contribution is 2.43. The topological polar surface area (TPSA) is 76.4 Å². The summed E-state index contributed by atoms with van der Waals surface area (Å²) in [6.07, 6.45) is 4.31. The van der Waals surface area contributed by atoms with Crippen molar-refractivity contribution >= 4 is 11.5 Å². The molecule has 3 aromatic heterocycles. The number of methoxy groups -OCH3 is 1. The van der Waals surface area contributed by atoms with Crippen molar-refractivity contribution in [1.29, 1.82) is 0 Å². The number of pyridine rings is 1. The fraction of sp³-hybridized carbons (Fsp3) is 0.476. The lowest BCUT2D eigenvalue weighted by molar-refractivity contribution is 0.405. The van der Waals surface area contributed by atoms with Crippen molar-refractivity contribution in [1.82, 2.24) is 24.9 Å². The number of aromatic nitrogens is 4. The third-order valence-electron chi connectivity index (χ3n) is 5.68. The van der Waals surface area contributed by atoms with E-state index in [1.165, 1.54) is 6.07 Å². The molecular weight excluding hydrogens is 371 g/mol. The second kappa shape index (κ2) is 7.26. The number of nitrogens with zero attached hydrogens (tertiary/aromatic N) is 4. The minimum absolute atomic E-state index is 0.174. The Morgan fingerprint density at radius 2 is 2.10 bits per heavy atom. The van der Waals surface area contributed by atoms with Gasteiger partial charge in [0.05, 0.1) is 18.5 Å². The first kappa shape index (κ1) is 18.3. The molecule has 4 heterocycles. The molecule has 0 bridgehead atoms. The molecule has 1 saturated heterocycles. The number of fused-ring (bicyclic) bond motifs is 1. The summed E-state index contributed by atoms with van der Waals surface area (Å²) in [5.41, 5.74) is 3.90. The fourth-order valence-electron chi connectivity index (χ4n) is 4.02. The molecule has 2 fully saturated rings. The van der Waals surface area contributed by atoms with Crippen molar-refractivity contribution in [2.75, 3.05) is 25.5 Å². The predicted molar refractivity (Wildman–Crippen MR) is 109 cm³/mol. The summed E-state index contributed by atoms with van der Waals surface area (Å²) < 4.78 is 21.8. The van der Waals surface area contributed by atoms with Crippen molar-refractivity contribution in [3.63, 3.8) is 0 Å². The lowest BCUT2D eigenvalue weighted by atomic mass is 10.1. The van der Waals surface area contributed by atoms with Crippen LogP contribution in [0.1, 0.15) is 43.0 Å². The molecule has 29 heavy (non-hydrogen) atoms. The molecular formula is C21H25FN6O. The van der Waals surface area contributed by atoms with E-state index < -0.39 is 0 Å². The smallest absolute Gasteiger partial charge is 0.165 e. The van der Waals surface area contributed by atoms with Crippen LogP contribution < -0.4 is 15.4 Å². The molecule has 2 N–H and O–H groups in total. The van der Waals surface area contributed by atoms with Gasteiger partial charge < -0.3 is 15.4 Å². The van der Waals surface area contributed by atoms with Gasteiger partial charge in [0.25, 0.3) is 0 Å². The van der Waals surface area contributed by atoms with E-state index in [9.17, 15) is 4.39 Å². The first-order chi connectivity index (χ1) is 14.1. The van der Waals surface area contributed by atoms with Crippen LogP contribution in [0.2, 0.25) is 0 Å². The van der Waals surface area contributed by atoms with Crippen LogP contribution in [-0.4, -0.2) is 45.8 Å². The van der Waals surface area contributed by atoms with Gasteiger partial charge in [-0.3, -0.25) is 0 Å². The van der Waals surface area contributed by atoms with E-state index >= 15 is 0 Å². The summed E-state index contributed by atoms with van der Waals surface area (Å²) in [6, 6.07) is 5.25. The molecule has 1 aliphatic heterocycles. The maximum absolute atomic E-state index is 14.5. The van der Waals surface area contributed by atoms with Crippen LogP contribution in [0.3, 0.4) is 0 Å². The number of hydrogen-bond acceptors (Lipinski definition) is 6. The van der Waals surface area contributed by atoms with Gasteiger partial charge in [0.2, 0.25) is 0 Å². The van der Waals surface area contributed by atoms with Crippen LogP contribution in [-0.2, 0) is 0 Å². The van der Waals surface area contributed by atoms with E-state index in [-0.39, 0.29) is 17.7 Å². The number of aryl methyl sites for hydroxylation is 1. The Kier molecular flexibility index (Phi) is 4.58. The Hall–Kier alpha value is -2.74. The third kappa shape index (κ3) is 3.42. The van der Waals surface area contributed by atoms with Gasteiger partial charge in [-0.1, -0.05) is 0 Å². The summed E-state index contributed by atoms with van der Waals surface area (Å²) in [5.74, 6) is 1.14. The Morgan fingerprint density at radius 1 is 1.24 bits per heavy atom. The van der Waals surface area contributed by atoms with Crippen molar-refractivity contribution in [3.05, 3.63) is 35.4 Å². The van der Waals surface area contributed by atoms with Crippen molar-refractivity contribution in [3.8, 4) is 17.1 Å². The number of hydrogen-bond donors (Lipinski definition) is 2. The largest absolute Gasteiger partial charge is 0.495 e. The second-order valence-corrected chi connectivity index (χ2v) is 7.90. The summed E-state index contributed by atoms with van der Waals surface area (Å²) >= 11 is 0. The molecule has 0 radical (unpaired) electrons. The zero-order chi connectivity index (χ0) is 20.0. The standard InChI is InChI=1S/C21H25FN6O/c1-12-20(28-18(24-12)10-17(29-2)19(27-28)13-5-6-13)16-8-7-15(22)21(26-16)25-14-4-3-9-23-11-14/h7-8,10,13-14,23H,3-6,9,11H2,1-2H3,(H,25,26)/t14-/m1/s1. The quantitative estimate of drug-likeness (QED) is 0.689. The van der Waals surface area contributed by atoms with Crippen molar-refractivity contribution in [2.45, 2.75) is 44.6 Å². The van der Waals surface area contributed by atoms with E-state index in [4.69, 9.17) is 9.84 Å². The molecule has 0 spiro atoms. The lowest BCUT2D eigenvalue weighted by Crippen LogP contribution is -2.38. The van der Waals surface area contributed by atoms with Gasteiger partial charge >= 0.3 is 0 Å². The van der Waals surface area contributed by atoms with E-state index in [2.05, 4.69) is 20.6 Å². The molecule has 7 nitrogen and oxygen atoms in total. The summed E-state index contributed by atoms with van der Waals surface area (Å²) in [7, 11) is 1.66. The third-order valence-corrected chi connectivity index (χ3v) is 5.68. The maximum Gasteiger partial charge on any atom is 0.165 e. The minimum atomic E-state index is -0.348. The lowest BCUT2D eigenvalue weighted by Gasteiger charge is -2.24. The first-order valence-electron chi connectivity index (χ1n) is 10.2. The number of rotatable bonds is 5. The Morgan fingerprint density at radius 3 is 2.83 bits per heavy atom. The number of nitrogens with one attached hydrogen (secondary N) is 2. The van der Waals surface area contributed by atoms with Crippen LogP contribution in [0.25, 0.3) is 17.0 Å². The molecule has 0 aromatic carbocycles. The van der Waals surface area contributed by atoms with Crippen LogP contribution in [0.4, 0.5) is 10.2 Å². The van der Waals surface area contributed by atoms with Gasteiger partial charge in [-0.25, -0.2) is 18.9 Å². The zero-order valence-corrected chi connectivity index (χ0v) is 16.7. The Labute approximate surface area is 168 Å². The number of halogens is 1. The summed E-state index contributed by atoms with van der Waals surface area (Å²) in [4.78, 5) is 9.25. The molecule has 1 saturated carbocycles. The van der Waals surface area contributed by atoms with Crippen LogP contribution in [0, 0.1) is 12.7 Å². The van der Waals surface area contributed by atoms with Crippen molar-refractivity contribution in [2.24, 2.45) is 0 Å². The normalized spacial score (nSPS) is 19.5. The molecule has 3 aromatic rings. The van der Waals surface area contributed by atoms with Gasteiger partial charge in [-0.05, 0) is 51.3 Å². The second-order valence-electron chi connectivity index (χ2n) is 7.90. The molecule has 1 aliphatic carbocycles. The highest BCUT2D eigenvalue weighted by atomic mass is 19.1. The van der Waals surface area contributed by atoms with Crippen LogP contribution in [0.5, 0.6) is 5.75 Å². The average molecular weight is 396 g/mol. The molecule has 2 aliphatic rings. The van der Waals surface area contributed by atoms with Gasteiger partial charge in [0.15, 0.2) is 17.3 Å². The molecule has 5 rings (SSSR count). The summed E-state index contributed by atoms with van der Waals surface area (Å²) in [6.45, 7) is 3.75. The van der Waals surface area contributed by atoms with Gasteiger partial charge in [-0.2, -0.15) is 5.10 Å². The Bertz CT molecular complexity index is 1050. The molecule has 0 unspecified atom stereocenters. The highest BCUT2D eigenvalue weighted by Gasteiger charge is 2.30. The van der Waals surface area contributed by atoms with Crippen LogP contribution in [0.15, 0.2) is 18.2 Å². The minimum Gasteiger partial charge on any atom is -0.495 e. The van der Waals surface area contributed by atoms with E-state index in [0.29, 0.717) is 17.3 Å². The molecule has 0 amide bonds. The number of anilines is 1. The van der Waals surface area contributed by atoms with E-state index in [1.54, 1.807) is 13.2 Å². The Balaban J connectivity index is 1.57. The van der Waals surface area contributed by atoms with Gasteiger partial charge in [0.1, 0.15) is 17.1 Å². The molecule has 1 atom stereocenters. The van der Waals surface area contributed by atoms with Gasteiger partial charge in [0, 0.05) is 24.6 Å². The van der Waals surface area contributed by atoms with Crippen molar-refractivity contribution < 1.29 is 9.13 Å². The monoisotopic (exact) mass is 396 g/mol. The highest BCUT2D eigenvalue weighted by molar-refractivity contribution is 5.66. The first-order valence-corrected chi connectivity index (χ1v) is 10.2. The predicted octanol–water partition coefficient (Wildman–Crippen LogP) is 3.29. The van der Waals surface area contributed by atoms with Crippen LogP contribution >= 0.6 is 0 Å². The van der Waals surface area contributed by atoms with E-state index in [1.807, 2.05) is 17.5 Å². The zero-order valence-electron chi connectivity index (χ0n) is 16.7. The fourth-order valence-corrected chi connectivity index (χ4v) is 4.02. The van der Waals surface area contributed by atoms with Gasteiger partial charge in [-0.15, -0.1) is 0 Å². The average Bonchev–Trinajstić information content (AvgIpc) is 3.52. The number of ether oxygens (including phenoxy) is 1. The molecule has 152 valence electrons.